The number of aliphatic hydroxyl groups is 1. The Labute approximate surface area is 128 Å². The van der Waals surface area contributed by atoms with Gasteiger partial charge in [0.05, 0.1) is 23.5 Å². The molecule has 0 bridgehead atoms. The molecule has 22 heavy (non-hydrogen) atoms. The normalized spacial score (nSPS) is 12.7. The van der Waals surface area contributed by atoms with E-state index in [4.69, 9.17) is 0 Å². The van der Waals surface area contributed by atoms with Gasteiger partial charge in [-0.25, -0.2) is 9.37 Å². The summed E-state index contributed by atoms with van der Waals surface area (Å²) in [7, 11) is 0. The summed E-state index contributed by atoms with van der Waals surface area (Å²) in [5.74, 6) is -0.347. The van der Waals surface area contributed by atoms with E-state index >= 15 is 0 Å². The molecule has 1 unspecified atom stereocenters. The maximum absolute atomic E-state index is 14.4. The summed E-state index contributed by atoms with van der Waals surface area (Å²) in [5, 5.41) is 9.98. The van der Waals surface area contributed by atoms with Crippen LogP contribution in [0.4, 0.5) is 4.39 Å². The molecule has 2 aromatic carbocycles. The van der Waals surface area contributed by atoms with Crippen molar-refractivity contribution in [3.05, 3.63) is 53.6 Å². The van der Waals surface area contributed by atoms with E-state index in [2.05, 4.69) is 16.9 Å². The van der Waals surface area contributed by atoms with Crippen LogP contribution in [0.1, 0.15) is 37.5 Å². The van der Waals surface area contributed by atoms with Crippen LogP contribution in [0.25, 0.3) is 22.2 Å². The monoisotopic (exact) mass is 298 g/mol. The van der Waals surface area contributed by atoms with Crippen LogP contribution in [-0.2, 0) is 6.42 Å². The number of benzene rings is 2. The minimum atomic E-state index is -0.858. The number of aromatic amines is 1. The molecule has 0 saturated carbocycles. The van der Waals surface area contributed by atoms with E-state index < -0.39 is 6.10 Å². The second-order valence-electron chi connectivity index (χ2n) is 5.60. The number of imidazole rings is 1. The Bertz CT molecular complexity index is 808. The number of aliphatic hydroxyl groups excluding tert-OH is 1. The molecule has 2 N–H and O–H groups in total. The highest BCUT2D eigenvalue weighted by Gasteiger charge is 2.17. The first kappa shape index (κ1) is 14.7. The van der Waals surface area contributed by atoms with Gasteiger partial charge in [-0.3, -0.25) is 0 Å². The summed E-state index contributed by atoms with van der Waals surface area (Å²) in [6, 6.07) is 9.27. The van der Waals surface area contributed by atoms with Crippen molar-refractivity contribution in [2.75, 3.05) is 0 Å². The quantitative estimate of drug-likeness (QED) is 0.751. The van der Waals surface area contributed by atoms with Gasteiger partial charge in [0.1, 0.15) is 5.82 Å². The van der Waals surface area contributed by atoms with Crippen molar-refractivity contribution in [1.82, 2.24) is 9.97 Å². The Morgan fingerprint density at radius 2 is 2.09 bits per heavy atom. The molecule has 0 fully saturated rings. The number of fused-ring (bicyclic) bond motifs is 1. The van der Waals surface area contributed by atoms with Gasteiger partial charge in [0.25, 0.3) is 0 Å². The Kier molecular flexibility index (Phi) is 3.94. The van der Waals surface area contributed by atoms with Crippen molar-refractivity contribution in [1.29, 1.82) is 0 Å². The number of nitrogens with one attached hydrogen (secondary N) is 1. The van der Waals surface area contributed by atoms with Gasteiger partial charge in [-0.05, 0) is 48.2 Å². The summed E-state index contributed by atoms with van der Waals surface area (Å²) in [6.07, 6.45) is 2.55. The summed E-state index contributed by atoms with van der Waals surface area (Å²) in [6.45, 7) is 3.66. The van der Waals surface area contributed by atoms with Crippen LogP contribution in [-0.4, -0.2) is 15.1 Å². The molecule has 1 heterocycles. The highest BCUT2D eigenvalue weighted by Crippen LogP contribution is 2.33. The van der Waals surface area contributed by atoms with E-state index in [0.717, 1.165) is 40.6 Å². The molecule has 114 valence electrons. The van der Waals surface area contributed by atoms with Crippen molar-refractivity contribution < 1.29 is 9.50 Å². The molecule has 1 aromatic heterocycles. The molecular weight excluding hydrogens is 279 g/mol. The lowest BCUT2D eigenvalue weighted by molar-refractivity contribution is 0.195. The molecular formula is C18H19FN2O. The van der Waals surface area contributed by atoms with Crippen molar-refractivity contribution in [3.8, 4) is 11.1 Å². The van der Waals surface area contributed by atoms with E-state index in [1.54, 1.807) is 13.3 Å². The number of halogens is 1. The summed E-state index contributed by atoms with van der Waals surface area (Å²) in [5.41, 5.74) is 4.69. The SMILES string of the molecule is CCCc1cc(F)c(C(C)O)c(-c2ccc3nc[nH]c3c2)c1. The summed E-state index contributed by atoms with van der Waals surface area (Å²) >= 11 is 0. The molecule has 0 radical (unpaired) electrons. The van der Waals surface area contributed by atoms with Gasteiger partial charge in [-0.15, -0.1) is 0 Å². The van der Waals surface area contributed by atoms with Crippen LogP contribution in [0.3, 0.4) is 0 Å². The number of rotatable bonds is 4. The second kappa shape index (κ2) is 5.89. The van der Waals surface area contributed by atoms with E-state index in [0.29, 0.717) is 5.56 Å². The predicted molar refractivity (Wildman–Crippen MR) is 86.1 cm³/mol. The fourth-order valence-corrected chi connectivity index (χ4v) is 2.87. The molecule has 0 aliphatic carbocycles. The lowest BCUT2D eigenvalue weighted by Crippen LogP contribution is -2.02. The highest BCUT2D eigenvalue weighted by molar-refractivity contribution is 5.82. The fourth-order valence-electron chi connectivity index (χ4n) is 2.87. The molecule has 0 aliphatic heterocycles. The number of nitrogens with zero attached hydrogens (tertiary/aromatic N) is 1. The topological polar surface area (TPSA) is 48.9 Å². The van der Waals surface area contributed by atoms with Gasteiger partial charge in [0.2, 0.25) is 0 Å². The highest BCUT2D eigenvalue weighted by atomic mass is 19.1. The standard InChI is InChI=1S/C18H19FN2O/c1-3-4-12-7-14(18(11(2)22)15(19)8-12)13-5-6-16-17(9-13)21-10-20-16/h5-11,22H,3-4H2,1-2H3,(H,20,21). The third-order valence-corrected chi connectivity index (χ3v) is 3.88. The maximum Gasteiger partial charge on any atom is 0.129 e. The van der Waals surface area contributed by atoms with Crippen LogP contribution in [0, 0.1) is 5.82 Å². The molecule has 3 rings (SSSR count). The lowest BCUT2D eigenvalue weighted by atomic mass is 9.92. The largest absolute Gasteiger partial charge is 0.389 e. The average molecular weight is 298 g/mol. The second-order valence-corrected chi connectivity index (χ2v) is 5.60. The Hall–Kier alpha value is -2.20. The number of hydrogen-bond donors (Lipinski definition) is 2. The number of H-pyrrole nitrogens is 1. The minimum absolute atomic E-state index is 0.346. The molecule has 3 aromatic rings. The zero-order valence-electron chi connectivity index (χ0n) is 12.7. The Morgan fingerprint density at radius 3 is 2.82 bits per heavy atom. The van der Waals surface area contributed by atoms with E-state index in [9.17, 15) is 9.50 Å². The molecule has 3 nitrogen and oxygen atoms in total. The summed E-state index contributed by atoms with van der Waals surface area (Å²) in [4.78, 5) is 7.26. The molecule has 0 amide bonds. The Balaban J connectivity index is 2.21. The van der Waals surface area contributed by atoms with Gasteiger partial charge in [0, 0.05) is 5.56 Å². The molecule has 0 aliphatic rings. The van der Waals surface area contributed by atoms with E-state index in [-0.39, 0.29) is 5.82 Å². The Morgan fingerprint density at radius 1 is 1.27 bits per heavy atom. The van der Waals surface area contributed by atoms with Crippen LogP contribution in [0.2, 0.25) is 0 Å². The average Bonchev–Trinajstić information content (AvgIpc) is 2.93. The first-order valence-electron chi connectivity index (χ1n) is 7.54. The smallest absolute Gasteiger partial charge is 0.129 e. The van der Waals surface area contributed by atoms with Gasteiger partial charge < -0.3 is 10.1 Å². The first-order chi connectivity index (χ1) is 10.6. The molecule has 0 spiro atoms. The zero-order valence-corrected chi connectivity index (χ0v) is 12.7. The van der Waals surface area contributed by atoms with Crippen LogP contribution in [0.5, 0.6) is 0 Å². The van der Waals surface area contributed by atoms with Crippen LogP contribution in [0.15, 0.2) is 36.7 Å². The van der Waals surface area contributed by atoms with Gasteiger partial charge in [0.15, 0.2) is 0 Å². The summed E-state index contributed by atoms with van der Waals surface area (Å²) < 4.78 is 14.4. The van der Waals surface area contributed by atoms with E-state index in [1.165, 1.54) is 6.07 Å². The van der Waals surface area contributed by atoms with Crippen molar-refractivity contribution >= 4 is 11.0 Å². The van der Waals surface area contributed by atoms with Gasteiger partial charge in [-0.2, -0.15) is 0 Å². The fraction of sp³-hybridized carbons (Fsp3) is 0.278. The lowest BCUT2D eigenvalue weighted by Gasteiger charge is -2.16. The molecule has 0 saturated heterocycles. The van der Waals surface area contributed by atoms with Crippen LogP contribution >= 0.6 is 0 Å². The number of aromatic nitrogens is 2. The molecule has 1 atom stereocenters. The minimum Gasteiger partial charge on any atom is -0.389 e. The van der Waals surface area contributed by atoms with E-state index in [1.807, 2.05) is 24.3 Å². The maximum atomic E-state index is 14.4. The van der Waals surface area contributed by atoms with Gasteiger partial charge >= 0.3 is 0 Å². The molecule has 4 heteroatoms. The van der Waals surface area contributed by atoms with Crippen LogP contribution < -0.4 is 0 Å². The van der Waals surface area contributed by atoms with Crippen molar-refractivity contribution in [2.24, 2.45) is 0 Å². The van der Waals surface area contributed by atoms with Crippen molar-refractivity contribution in [2.45, 2.75) is 32.8 Å². The van der Waals surface area contributed by atoms with Gasteiger partial charge in [-0.1, -0.05) is 25.5 Å². The number of hydrogen-bond acceptors (Lipinski definition) is 2. The number of aryl methyl sites for hydroxylation is 1. The van der Waals surface area contributed by atoms with Crippen molar-refractivity contribution in [3.63, 3.8) is 0 Å². The zero-order chi connectivity index (χ0) is 15.7. The predicted octanol–water partition coefficient (Wildman–Crippen LogP) is 4.37. The third-order valence-electron chi connectivity index (χ3n) is 3.88. The first-order valence-corrected chi connectivity index (χ1v) is 7.54. The third kappa shape index (κ3) is 2.62.